The van der Waals surface area contributed by atoms with Crippen LogP contribution in [-0.2, 0) is 6.54 Å². The second-order valence-corrected chi connectivity index (χ2v) is 4.17. The van der Waals surface area contributed by atoms with E-state index in [1.54, 1.807) is 10.9 Å². The highest BCUT2D eigenvalue weighted by Gasteiger charge is 2.13. The fraction of sp³-hybridized carbons (Fsp3) is 0.0909. The second-order valence-electron chi connectivity index (χ2n) is 3.31. The predicted molar refractivity (Wildman–Crippen MR) is 62.4 cm³/mol. The average Bonchev–Trinajstić information content (AvgIpc) is 2.61. The standard InChI is InChI=1S/C11H9BrN2O2/c12-9-7-14(13-10(9)11(15)16)6-8-4-2-1-3-5-8/h1-5,7H,6H2,(H,15,16). The summed E-state index contributed by atoms with van der Waals surface area (Å²) < 4.78 is 2.10. The van der Waals surface area contributed by atoms with Gasteiger partial charge in [0.15, 0.2) is 5.69 Å². The molecular weight excluding hydrogens is 272 g/mol. The SMILES string of the molecule is O=C(O)c1nn(Cc2ccccc2)cc1Br. The van der Waals surface area contributed by atoms with Gasteiger partial charge in [0.05, 0.1) is 11.0 Å². The van der Waals surface area contributed by atoms with Crippen LogP contribution in [0, 0.1) is 0 Å². The van der Waals surface area contributed by atoms with Gasteiger partial charge < -0.3 is 5.11 Å². The maximum absolute atomic E-state index is 10.8. The Morgan fingerprint density at radius 3 is 2.62 bits per heavy atom. The number of hydrogen-bond donors (Lipinski definition) is 1. The van der Waals surface area contributed by atoms with Gasteiger partial charge in [-0.2, -0.15) is 5.10 Å². The van der Waals surface area contributed by atoms with Gasteiger partial charge in [0.1, 0.15) is 0 Å². The number of rotatable bonds is 3. The van der Waals surface area contributed by atoms with Crippen molar-refractivity contribution in [2.24, 2.45) is 0 Å². The molecule has 1 heterocycles. The topological polar surface area (TPSA) is 55.1 Å². The molecule has 0 radical (unpaired) electrons. The summed E-state index contributed by atoms with van der Waals surface area (Å²) in [4.78, 5) is 10.8. The summed E-state index contributed by atoms with van der Waals surface area (Å²) in [5.74, 6) is -1.03. The summed E-state index contributed by atoms with van der Waals surface area (Å²) in [6, 6.07) is 9.75. The van der Waals surface area contributed by atoms with Gasteiger partial charge in [0, 0.05) is 6.20 Å². The van der Waals surface area contributed by atoms with Crippen molar-refractivity contribution in [3.63, 3.8) is 0 Å². The van der Waals surface area contributed by atoms with E-state index in [1.165, 1.54) is 0 Å². The van der Waals surface area contributed by atoms with Crippen LogP contribution in [-0.4, -0.2) is 20.9 Å². The van der Waals surface area contributed by atoms with Gasteiger partial charge >= 0.3 is 5.97 Å². The van der Waals surface area contributed by atoms with Gasteiger partial charge in [-0.3, -0.25) is 4.68 Å². The van der Waals surface area contributed by atoms with Crippen molar-refractivity contribution >= 4 is 21.9 Å². The summed E-state index contributed by atoms with van der Waals surface area (Å²) >= 11 is 3.17. The highest BCUT2D eigenvalue weighted by molar-refractivity contribution is 9.10. The molecule has 0 saturated heterocycles. The molecule has 0 amide bonds. The zero-order valence-corrected chi connectivity index (χ0v) is 9.89. The van der Waals surface area contributed by atoms with Crippen LogP contribution in [0.5, 0.6) is 0 Å². The van der Waals surface area contributed by atoms with E-state index in [0.29, 0.717) is 11.0 Å². The summed E-state index contributed by atoms with van der Waals surface area (Å²) in [5.41, 5.74) is 1.12. The molecule has 2 rings (SSSR count). The number of carboxylic acids is 1. The molecule has 16 heavy (non-hydrogen) atoms. The Morgan fingerprint density at radius 1 is 1.38 bits per heavy atom. The van der Waals surface area contributed by atoms with Crippen LogP contribution in [0.1, 0.15) is 16.1 Å². The lowest BCUT2D eigenvalue weighted by Crippen LogP contribution is -2.03. The molecule has 0 aliphatic rings. The zero-order valence-electron chi connectivity index (χ0n) is 8.30. The van der Waals surface area contributed by atoms with E-state index in [-0.39, 0.29) is 5.69 Å². The summed E-state index contributed by atoms with van der Waals surface area (Å²) in [6.07, 6.45) is 1.66. The van der Waals surface area contributed by atoms with E-state index < -0.39 is 5.97 Å². The molecule has 0 atom stereocenters. The normalized spacial score (nSPS) is 10.3. The van der Waals surface area contributed by atoms with Crippen molar-refractivity contribution in [2.75, 3.05) is 0 Å². The van der Waals surface area contributed by atoms with Gasteiger partial charge in [-0.15, -0.1) is 0 Å². The molecule has 0 aliphatic carbocycles. The number of aromatic carboxylic acids is 1. The van der Waals surface area contributed by atoms with E-state index in [9.17, 15) is 4.79 Å². The van der Waals surface area contributed by atoms with Crippen LogP contribution in [0.25, 0.3) is 0 Å². The third-order valence-corrected chi connectivity index (χ3v) is 2.69. The van der Waals surface area contributed by atoms with Crippen molar-refractivity contribution in [1.29, 1.82) is 0 Å². The number of hydrogen-bond acceptors (Lipinski definition) is 2. The first-order valence-corrected chi connectivity index (χ1v) is 5.46. The van der Waals surface area contributed by atoms with Crippen LogP contribution < -0.4 is 0 Å². The summed E-state index contributed by atoms with van der Waals surface area (Å²) in [7, 11) is 0. The Labute approximate surface area is 101 Å². The Balaban J connectivity index is 2.23. The summed E-state index contributed by atoms with van der Waals surface area (Å²) in [5, 5.41) is 12.8. The number of carbonyl (C=O) groups is 1. The highest BCUT2D eigenvalue weighted by atomic mass is 79.9. The first kappa shape index (κ1) is 10.9. The number of aromatic nitrogens is 2. The molecule has 1 N–H and O–H groups in total. The Morgan fingerprint density at radius 2 is 2.06 bits per heavy atom. The van der Waals surface area contributed by atoms with Gasteiger partial charge in [-0.25, -0.2) is 4.79 Å². The molecule has 0 saturated carbocycles. The molecule has 0 spiro atoms. The molecule has 0 unspecified atom stereocenters. The molecule has 4 nitrogen and oxygen atoms in total. The third-order valence-electron chi connectivity index (χ3n) is 2.11. The van der Waals surface area contributed by atoms with Crippen molar-refractivity contribution in [1.82, 2.24) is 9.78 Å². The van der Waals surface area contributed by atoms with Crippen molar-refractivity contribution in [3.05, 3.63) is 52.3 Å². The number of halogens is 1. The molecule has 82 valence electrons. The number of benzene rings is 1. The van der Waals surface area contributed by atoms with Crippen molar-refractivity contribution in [2.45, 2.75) is 6.54 Å². The van der Waals surface area contributed by atoms with Gasteiger partial charge in [-0.05, 0) is 21.5 Å². The molecule has 0 bridgehead atoms. The van der Waals surface area contributed by atoms with Gasteiger partial charge in [-0.1, -0.05) is 30.3 Å². The molecule has 2 aromatic rings. The molecule has 0 aliphatic heterocycles. The molecular formula is C11H9BrN2O2. The van der Waals surface area contributed by atoms with Crippen molar-refractivity contribution < 1.29 is 9.90 Å². The lowest BCUT2D eigenvalue weighted by Gasteiger charge is -2.00. The fourth-order valence-electron chi connectivity index (χ4n) is 1.39. The second kappa shape index (κ2) is 4.49. The van der Waals surface area contributed by atoms with E-state index in [0.717, 1.165) is 5.56 Å². The highest BCUT2D eigenvalue weighted by Crippen LogP contribution is 2.15. The molecule has 0 fully saturated rings. The Kier molecular flexibility index (Phi) is 3.05. The minimum absolute atomic E-state index is 0.0379. The molecule has 5 heteroatoms. The minimum Gasteiger partial charge on any atom is -0.476 e. The molecule has 1 aromatic heterocycles. The average molecular weight is 281 g/mol. The van der Waals surface area contributed by atoms with E-state index >= 15 is 0 Å². The van der Waals surface area contributed by atoms with Gasteiger partial charge in [0.25, 0.3) is 0 Å². The Bertz CT molecular complexity index is 508. The lowest BCUT2D eigenvalue weighted by atomic mass is 10.2. The quantitative estimate of drug-likeness (QED) is 0.939. The first-order chi connectivity index (χ1) is 7.66. The Hall–Kier alpha value is -1.62. The maximum atomic E-state index is 10.8. The molecule has 1 aromatic carbocycles. The lowest BCUT2D eigenvalue weighted by molar-refractivity contribution is 0.0688. The maximum Gasteiger partial charge on any atom is 0.357 e. The van der Waals surface area contributed by atoms with E-state index in [4.69, 9.17) is 5.11 Å². The fourth-order valence-corrected chi connectivity index (χ4v) is 1.88. The predicted octanol–water partition coefficient (Wildman–Crippen LogP) is 2.39. The van der Waals surface area contributed by atoms with E-state index in [2.05, 4.69) is 21.0 Å². The van der Waals surface area contributed by atoms with Crippen LogP contribution in [0.2, 0.25) is 0 Å². The first-order valence-electron chi connectivity index (χ1n) is 4.67. The minimum atomic E-state index is -1.03. The smallest absolute Gasteiger partial charge is 0.357 e. The number of carboxylic acid groups (broad SMARTS) is 1. The zero-order chi connectivity index (χ0) is 11.5. The van der Waals surface area contributed by atoms with Crippen LogP contribution in [0.4, 0.5) is 0 Å². The van der Waals surface area contributed by atoms with E-state index in [1.807, 2.05) is 30.3 Å². The van der Waals surface area contributed by atoms with Gasteiger partial charge in [0.2, 0.25) is 0 Å². The third kappa shape index (κ3) is 2.30. The summed E-state index contributed by atoms with van der Waals surface area (Å²) in [6.45, 7) is 0.562. The van der Waals surface area contributed by atoms with Crippen LogP contribution >= 0.6 is 15.9 Å². The van der Waals surface area contributed by atoms with Crippen LogP contribution in [0.15, 0.2) is 41.0 Å². The van der Waals surface area contributed by atoms with Crippen molar-refractivity contribution in [3.8, 4) is 0 Å². The largest absolute Gasteiger partial charge is 0.476 e. The van der Waals surface area contributed by atoms with Crippen LogP contribution in [0.3, 0.4) is 0 Å². The number of nitrogens with zero attached hydrogens (tertiary/aromatic N) is 2. The monoisotopic (exact) mass is 280 g/mol.